The molecule has 1 unspecified atom stereocenters. The molecule has 0 aliphatic rings. The number of aliphatic hydroxyl groups is 1. The van der Waals surface area contributed by atoms with Gasteiger partial charge in [-0.1, -0.05) is 91.0 Å². The summed E-state index contributed by atoms with van der Waals surface area (Å²) in [6.45, 7) is 2.02. The van der Waals surface area contributed by atoms with E-state index >= 15 is 0 Å². The van der Waals surface area contributed by atoms with Crippen LogP contribution in [0.5, 0.6) is 0 Å². The second kappa shape index (κ2) is 10.7. The average Bonchev–Trinajstić information content (AvgIpc) is 3.40. The molecule has 5 aromatic rings. The van der Waals surface area contributed by atoms with E-state index in [4.69, 9.17) is 4.98 Å². The zero-order valence-corrected chi connectivity index (χ0v) is 20.5. The van der Waals surface area contributed by atoms with Gasteiger partial charge in [0.1, 0.15) is 5.54 Å². The van der Waals surface area contributed by atoms with Crippen molar-refractivity contribution in [1.29, 1.82) is 0 Å². The summed E-state index contributed by atoms with van der Waals surface area (Å²) in [6, 6.07) is 35.7. The lowest BCUT2D eigenvalue weighted by Crippen LogP contribution is -2.36. The van der Waals surface area contributed by atoms with Crippen molar-refractivity contribution in [3.8, 4) is 0 Å². The molecule has 3 aromatic carbocycles. The number of nitrogens with zero attached hydrogens (tertiary/aromatic N) is 3. The van der Waals surface area contributed by atoms with E-state index in [0.717, 1.165) is 29.8 Å². The number of imidazole rings is 1. The first-order valence-corrected chi connectivity index (χ1v) is 12.5. The largest absolute Gasteiger partial charge is 0.387 e. The van der Waals surface area contributed by atoms with Crippen molar-refractivity contribution in [2.24, 2.45) is 0 Å². The molecule has 1 atom stereocenters. The van der Waals surface area contributed by atoms with E-state index in [2.05, 4.69) is 107 Å². The monoisotopic (exact) mass is 473 g/mol. The zero-order valence-electron chi connectivity index (χ0n) is 20.5. The molecule has 4 heteroatoms. The molecule has 0 aliphatic carbocycles. The second-order valence-corrected chi connectivity index (χ2v) is 9.25. The lowest BCUT2D eigenvalue weighted by atomic mass is 9.77. The minimum Gasteiger partial charge on any atom is -0.387 e. The summed E-state index contributed by atoms with van der Waals surface area (Å²) >= 11 is 0. The maximum Gasteiger partial charge on any atom is 0.121 e. The predicted molar refractivity (Wildman–Crippen MR) is 144 cm³/mol. The van der Waals surface area contributed by atoms with Gasteiger partial charge in [-0.15, -0.1) is 0 Å². The highest BCUT2D eigenvalue weighted by Gasteiger charge is 2.38. The summed E-state index contributed by atoms with van der Waals surface area (Å²) in [7, 11) is 0. The standard InChI is InChI=1S/C32H31N3O/c1-25-20-21-33-30(22-25)31(36)19-11-18-29-23-35(24-34-29)32(26-12-5-2-6-13-26,27-14-7-3-8-15-27)28-16-9-4-10-17-28/h2-10,12-17,20-24,31,36H,11,18-19H2,1H3. The number of hydrogen-bond donors (Lipinski definition) is 1. The lowest BCUT2D eigenvalue weighted by Gasteiger charge is -2.37. The molecule has 1 N–H and O–H groups in total. The Labute approximate surface area is 213 Å². The van der Waals surface area contributed by atoms with Crippen molar-refractivity contribution in [1.82, 2.24) is 14.5 Å². The third-order valence-electron chi connectivity index (χ3n) is 6.79. The van der Waals surface area contributed by atoms with Crippen LogP contribution in [0.3, 0.4) is 0 Å². The molecule has 4 nitrogen and oxygen atoms in total. The van der Waals surface area contributed by atoms with E-state index in [1.807, 2.05) is 25.4 Å². The zero-order chi connectivity index (χ0) is 24.8. The van der Waals surface area contributed by atoms with Gasteiger partial charge in [-0.05, 0) is 60.6 Å². The van der Waals surface area contributed by atoms with Crippen molar-refractivity contribution >= 4 is 0 Å². The molecule has 0 spiro atoms. The summed E-state index contributed by atoms with van der Waals surface area (Å²) in [5.41, 5.74) is 5.81. The van der Waals surface area contributed by atoms with Crippen molar-refractivity contribution in [2.45, 2.75) is 37.8 Å². The molecule has 2 heterocycles. The van der Waals surface area contributed by atoms with Gasteiger partial charge in [0.25, 0.3) is 0 Å². The molecule has 0 fully saturated rings. The topological polar surface area (TPSA) is 50.9 Å². The van der Waals surface area contributed by atoms with E-state index in [-0.39, 0.29) is 0 Å². The Balaban J connectivity index is 1.48. The van der Waals surface area contributed by atoms with Gasteiger partial charge in [0.2, 0.25) is 0 Å². The van der Waals surface area contributed by atoms with Crippen molar-refractivity contribution in [3.63, 3.8) is 0 Å². The minimum atomic E-state index is -0.566. The van der Waals surface area contributed by atoms with Crippen molar-refractivity contribution in [2.75, 3.05) is 0 Å². The van der Waals surface area contributed by atoms with Crippen LogP contribution < -0.4 is 0 Å². The Bertz CT molecular complexity index is 1280. The maximum atomic E-state index is 10.6. The quantitative estimate of drug-likeness (QED) is 0.249. The smallest absolute Gasteiger partial charge is 0.121 e. The molecule has 5 rings (SSSR count). The first-order chi connectivity index (χ1) is 17.7. The third-order valence-corrected chi connectivity index (χ3v) is 6.79. The molecule has 0 bridgehead atoms. The predicted octanol–water partition coefficient (Wildman–Crippen LogP) is 6.48. The molecular formula is C32H31N3O. The second-order valence-electron chi connectivity index (χ2n) is 9.25. The molecule has 36 heavy (non-hydrogen) atoms. The summed E-state index contributed by atoms with van der Waals surface area (Å²) in [6.07, 6.45) is 7.54. The molecule has 0 saturated heterocycles. The Morgan fingerprint density at radius 3 is 1.86 bits per heavy atom. The third kappa shape index (κ3) is 4.73. The van der Waals surface area contributed by atoms with Crippen LogP contribution in [-0.2, 0) is 12.0 Å². The number of pyridine rings is 1. The minimum absolute atomic E-state index is 0.556. The SMILES string of the molecule is Cc1ccnc(C(O)CCCc2cn(C(c3ccccc3)(c3ccccc3)c3ccccc3)cn2)c1. The van der Waals surface area contributed by atoms with Crippen LogP contribution in [0.4, 0.5) is 0 Å². The van der Waals surface area contributed by atoms with Crippen LogP contribution in [-0.4, -0.2) is 19.6 Å². The molecule has 0 saturated carbocycles. The van der Waals surface area contributed by atoms with Gasteiger partial charge in [0.15, 0.2) is 0 Å². The van der Waals surface area contributed by atoms with Crippen molar-refractivity contribution < 1.29 is 5.11 Å². The Hall–Kier alpha value is -4.02. The van der Waals surface area contributed by atoms with Crippen molar-refractivity contribution in [3.05, 3.63) is 155 Å². The summed E-state index contributed by atoms with van der Waals surface area (Å²) in [5, 5.41) is 10.6. The van der Waals surface area contributed by atoms with Crippen LogP contribution in [0.25, 0.3) is 0 Å². The summed E-state index contributed by atoms with van der Waals surface area (Å²) < 4.78 is 2.24. The van der Waals surface area contributed by atoms with Gasteiger partial charge >= 0.3 is 0 Å². The fraction of sp³-hybridized carbons (Fsp3) is 0.188. The van der Waals surface area contributed by atoms with E-state index < -0.39 is 11.6 Å². The van der Waals surface area contributed by atoms with Crippen LogP contribution in [0, 0.1) is 6.92 Å². The number of aryl methyl sites for hydroxylation is 2. The molecule has 2 aromatic heterocycles. The summed E-state index contributed by atoms with van der Waals surface area (Å²) in [4.78, 5) is 9.14. The van der Waals surface area contributed by atoms with E-state index in [0.29, 0.717) is 6.42 Å². The first-order valence-electron chi connectivity index (χ1n) is 12.5. The van der Waals surface area contributed by atoms with Gasteiger partial charge < -0.3 is 9.67 Å². The highest BCUT2D eigenvalue weighted by atomic mass is 16.3. The highest BCUT2D eigenvalue weighted by molar-refractivity contribution is 5.50. The molecular weight excluding hydrogens is 442 g/mol. The highest BCUT2D eigenvalue weighted by Crippen LogP contribution is 2.40. The number of rotatable bonds is 9. The van der Waals surface area contributed by atoms with Gasteiger partial charge in [-0.25, -0.2) is 4.98 Å². The number of hydrogen-bond acceptors (Lipinski definition) is 3. The molecule has 0 aliphatic heterocycles. The van der Waals surface area contributed by atoms with Gasteiger partial charge in [-0.3, -0.25) is 4.98 Å². The van der Waals surface area contributed by atoms with E-state index in [1.54, 1.807) is 6.20 Å². The Kier molecular flexibility index (Phi) is 7.06. The van der Waals surface area contributed by atoms with E-state index in [9.17, 15) is 5.11 Å². The number of aliphatic hydroxyl groups excluding tert-OH is 1. The van der Waals surface area contributed by atoms with Gasteiger partial charge in [0, 0.05) is 12.4 Å². The molecule has 0 amide bonds. The van der Waals surface area contributed by atoms with Crippen LogP contribution in [0.2, 0.25) is 0 Å². The normalized spacial score (nSPS) is 12.4. The Morgan fingerprint density at radius 1 is 0.778 bits per heavy atom. The Morgan fingerprint density at radius 2 is 1.33 bits per heavy atom. The van der Waals surface area contributed by atoms with Gasteiger partial charge in [-0.2, -0.15) is 0 Å². The summed E-state index contributed by atoms with van der Waals surface area (Å²) in [5.74, 6) is 0. The lowest BCUT2D eigenvalue weighted by molar-refractivity contribution is 0.160. The first kappa shape index (κ1) is 23.7. The van der Waals surface area contributed by atoms with Crippen LogP contribution in [0.15, 0.2) is 122 Å². The maximum absolute atomic E-state index is 10.6. The molecule has 0 radical (unpaired) electrons. The number of benzene rings is 3. The van der Waals surface area contributed by atoms with Gasteiger partial charge in [0.05, 0.1) is 23.8 Å². The van der Waals surface area contributed by atoms with Crippen LogP contribution >= 0.6 is 0 Å². The number of aromatic nitrogens is 3. The average molecular weight is 474 g/mol. The fourth-order valence-electron chi connectivity index (χ4n) is 5.03. The van der Waals surface area contributed by atoms with E-state index in [1.165, 1.54) is 16.7 Å². The molecule has 180 valence electrons. The fourth-order valence-corrected chi connectivity index (χ4v) is 5.03. The van der Waals surface area contributed by atoms with Crippen LogP contribution in [0.1, 0.15) is 52.6 Å².